The molecular weight excluding hydrogens is 252 g/mol. The molecular formula is C16H20N2O2. The highest BCUT2D eigenvalue weighted by atomic mass is 16.3. The smallest absolute Gasteiger partial charge is 0.253 e. The zero-order valence-corrected chi connectivity index (χ0v) is 12.1. The van der Waals surface area contributed by atoms with Crippen LogP contribution >= 0.6 is 0 Å². The number of nitrogens with zero attached hydrogens (tertiary/aromatic N) is 2. The maximum Gasteiger partial charge on any atom is 0.253 e. The number of carbonyl (C=O) groups is 1. The molecule has 0 spiro atoms. The summed E-state index contributed by atoms with van der Waals surface area (Å²) in [7, 11) is 0. The van der Waals surface area contributed by atoms with E-state index < -0.39 is 5.60 Å². The quantitative estimate of drug-likeness (QED) is 0.896. The van der Waals surface area contributed by atoms with Gasteiger partial charge in [0.2, 0.25) is 0 Å². The van der Waals surface area contributed by atoms with E-state index in [-0.39, 0.29) is 17.7 Å². The Bertz CT molecular complexity index is 545. The molecule has 1 aromatic rings. The van der Waals surface area contributed by atoms with Crippen LogP contribution in [-0.2, 0) is 0 Å². The topological polar surface area (TPSA) is 64.3 Å². The van der Waals surface area contributed by atoms with Crippen LogP contribution in [0.5, 0.6) is 0 Å². The fourth-order valence-corrected chi connectivity index (χ4v) is 2.79. The lowest BCUT2D eigenvalue weighted by molar-refractivity contribution is -0.0243. The largest absolute Gasteiger partial charge is 0.387 e. The highest BCUT2D eigenvalue weighted by molar-refractivity contribution is 5.94. The van der Waals surface area contributed by atoms with Crippen molar-refractivity contribution in [3.05, 3.63) is 35.4 Å². The van der Waals surface area contributed by atoms with Gasteiger partial charge in [-0.25, -0.2) is 0 Å². The SMILES string of the molecule is CC(C)[C@@]1(O)CN(C(=O)c2ccc(C#N)cc2)C[C@@H]1C. The molecule has 0 unspecified atom stereocenters. The van der Waals surface area contributed by atoms with E-state index in [9.17, 15) is 9.90 Å². The van der Waals surface area contributed by atoms with E-state index in [1.165, 1.54) is 0 Å². The van der Waals surface area contributed by atoms with Gasteiger partial charge >= 0.3 is 0 Å². The molecule has 0 radical (unpaired) electrons. The Labute approximate surface area is 119 Å². The third-order valence-corrected chi connectivity index (χ3v) is 4.34. The summed E-state index contributed by atoms with van der Waals surface area (Å²) in [5.74, 6) is 0.0824. The molecule has 20 heavy (non-hydrogen) atoms. The number of β-amino-alcohol motifs (C(OH)–C–C–N with tert-alkyl or cyclic N) is 1. The number of amides is 1. The Hall–Kier alpha value is -1.86. The second-order valence-corrected chi connectivity index (χ2v) is 5.92. The van der Waals surface area contributed by atoms with Gasteiger partial charge in [-0.2, -0.15) is 5.26 Å². The molecule has 106 valence electrons. The molecule has 1 N–H and O–H groups in total. The Morgan fingerprint density at radius 1 is 1.45 bits per heavy atom. The Morgan fingerprint density at radius 3 is 2.50 bits per heavy atom. The molecule has 0 aromatic heterocycles. The summed E-state index contributed by atoms with van der Waals surface area (Å²) in [4.78, 5) is 14.1. The number of rotatable bonds is 2. The van der Waals surface area contributed by atoms with Crippen molar-refractivity contribution in [1.82, 2.24) is 4.90 Å². The molecule has 1 aromatic carbocycles. The van der Waals surface area contributed by atoms with Crippen molar-refractivity contribution in [3.63, 3.8) is 0 Å². The van der Waals surface area contributed by atoms with E-state index >= 15 is 0 Å². The number of hydrogen-bond donors (Lipinski definition) is 1. The second-order valence-electron chi connectivity index (χ2n) is 5.92. The van der Waals surface area contributed by atoms with Gasteiger partial charge in [-0.1, -0.05) is 20.8 Å². The van der Waals surface area contributed by atoms with Crippen molar-refractivity contribution in [3.8, 4) is 6.07 Å². The highest BCUT2D eigenvalue weighted by Crippen LogP contribution is 2.34. The first-order valence-corrected chi connectivity index (χ1v) is 6.90. The minimum Gasteiger partial charge on any atom is -0.387 e. The third-order valence-electron chi connectivity index (χ3n) is 4.34. The molecule has 4 nitrogen and oxygen atoms in total. The highest BCUT2D eigenvalue weighted by Gasteiger charge is 2.46. The minimum absolute atomic E-state index is 0.0600. The van der Waals surface area contributed by atoms with Gasteiger partial charge in [0.1, 0.15) is 0 Å². The van der Waals surface area contributed by atoms with Crippen LogP contribution in [0, 0.1) is 23.2 Å². The Kier molecular flexibility index (Phi) is 3.82. The number of benzene rings is 1. The van der Waals surface area contributed by atoms with Crippen LogP contribution in [0.4, 0.5) is 0 Å². The van der Waals surface area contributed by atoms with Crippen LogP contribution in [0.15, 0.2) is 24.3 Å². The van der Waals surface area contributed by atoms with Gasteiger partial charge in [-0.05, 0) is 30.2 Å². The number of nitriles is 1. The summed E-state index contributed by atoms with van der Waals surface area (Å²) in [6.07, 6.45) is 0. The summed E-state index contributed by atoms with van der Waals surface area (Å²) >= 11 is 0. The van der Waals surface area contributed by atoms with Gasteiger partial charge in [0, 0.05) is 18.0 Å². The summed E-state index contributed by atoms with van der Waals surface area (Å²) in [5.41, 5.74) is 0.279. The average Bonchev–Trinajstić information content (AvgIpc) is 2.75. The summed E-state index contributed by atoms with van der Waals surface area (Å²) in [6.45, 7) is 6.86. The van der Waals surface area contributed by atoms with E-state index in [4.69, 9.17) is 5.26 Å². The van der Waals surface area contributed by atoms with E-state index in [2.05, 4.69) is 0 Å². The lowest BCUT2D eigenvalue weighted by Gasteiger charge is -2.31. The molecule has 0 aliphatic carbocycles. The van der Waals surface area contributed by atoms with E-state index in [1.807, 2.05) is 26.8 Å². The van der Waals surface area contributed by atoms with Crippen molar-refractivity contribution in [1.29, 1.82) is 5.26 Å². The maximum absolute atomic E-state index is 12.4. The second kappa shape index (κ2) is 5.26. The zero-order valence-electron chi connectivity index (χ0n) is 12.1. The molecule has 1 amide bonds. The van der Waals surface area contributed by atoms with E-state index in [0.29, 0.717) is 24.2 Å². The molecule has 1 heterocycles. The summed E-state index contributed by atoms with van der Waals surface area (Å²) in [5, 5.41) is 19.4. The standard InChI is InChI=1S/C16H20N2O2/c1-11(2)16(20)10-18(9-12(16)3)15(19)14-6-4-13(8-17)5-7-14/h4-7,11-12,20H,9-10H2,1-3H3/t12-,16-/m0/s1. The van der Waals surface area contributed by atoms with Gasteiger partial charge < -0.3 is 10.0 Å². The van der Waals surface area contributed by atoms with Crippen molar-refractivity contribution >= 4 is 5.91 Å². The van der Waals surface area contributed by atoms with Gasteiger partial charge in [0.15, 0.2) is 0 Å². The van der Waals surface area contributed by atoms with Crippen LogP contribution in [0.25, 0.3) is 0 Å². The predicted molar refractivity (Wildman–Crippen MR) is 76.0 cm³/mol. The van der Waals surface area contributed by atoms with Crippen LogP contribution in [-0.4, -0.2) is 34.6 Å². The van der Waals surface area contributed by atoms with Crippen molar-refractivity contribution in [2.45, 2.75) is 26.4 Å². The number of likely N-dealkylation sites (tertiary alicyclic amines) is 1. The number of aliphatic hydroxyl groups is 1. The maximum atomic E-state index is 12.4. The normalized spacial score (nSPS) is 25.8. The minimum atomic E-state index is -0.817. The Morgan fingerprint density at radius 2 is 2.05 bits per heavy atom. The van der Waals surface area contributed by atoms with Crippen LogP contribution in [0.2, 0.25) is 0 Å². The molecule has 1 saturated heterocycles. The molecule has 1 aliphatic heterocycles. The summed E-state index contributed by atoms with van der Waals surface area (Å²) < 4.78 is 0. The van der Waals surface area contributed by atoms with E-state index in [1.54, 1.807) is 29.2 Å². The molecule has 0 saturated carbocycles. The van der Waals surface area contributed by atoms with Gasteiger partial charge in [0.25, 0.3) is 5.91 Å². The number of carbonyl (C=O) groups excluding carboxylic acids is 1. The molecule has 1 fully saturated rings. The average molecular weight is 272 g/mol. The lowest BCUT2D eigenvalue weighted by Crippen LogP contribution is -2.43. The Balaban J connectivity index is 2.17. The zero-order chi connectivity index (χ0) is 14.9. The van der Waals surface area contributed by atoms with Crippen LogP contribution in [0.1, 0.15) is 36.7 Å². The van der Waals surface area contributed by atoms with Crippen molar-refractivity contribution in [2.24, 2.45) is 11.8 Å². The molecule has 2 atom stereocenters. The van der Waals surface area contributed by atoms with Crippen LogP contribution < -0.4 is 0 Å². The number of hydrogen-bond acceptors (Lipinski definition) is 3. The molecule has 1 aliphatic rings. The van der Waals surface area contributed by atoms with Gasteiger partial charge in [-0.15, -0.1) is 0 Å². The van der Waals surface area contributed by atoms with Gasteiger partial charge in [0.05, 0.1) is 23.8 Å². The third kappa shape index (κ3) is 2.41. The van der Waals surface area contributed by atoms with Crippen molar-refractivity contribution in [2.75, 3.05) is 13.1 Å². The summed E-state index contributed by atoms with van der Waals surface area (Å²) in [6, 6.07) is 8.64. The van der Waals surface area contributed by atoms with Crippen LogP contribution in [0.3, 0.4) is 0 Å². The molecule has 4 heteroatoms. The van der Waals surface area contributed by atoms with E-state index in [0.717, 1.165) is 0 Å². The monoisotopic (exact) mass is 272 g/mol. The first-order chi connectivity index (χ1) is 9.38. The fraction of sp³-hybridized carbons (Fsp3) is 0.500. The van der Waals surface area contributed by atoms with Gasteiger partial charge in [-0.3, -0.25) is 4.79 Å². The van der Waals surface area contributed by atoms with Crippen molar-refractivity contribution < 1.29 is 9.90 Å². The fourth-order valence-electron chi connectivity index (χ4n) is 2.79. The molecule has 2 rings (SSSR count). The first kappa shape index (κ1) is 14.5. The molecule has 0 bridgehead atoms. The first-order valence-electron chi connectivity index (χ1n) is 6.90. The lowest BCUT2D eigenvalue weighted by atomic mass is 9.82. The predicted octanol–water partition coefficient (Wildman–Crippen LogP) is 2.04.